The van der Waals surface area contributed by atoms with Crippen molar-refractivity contribution in [1.82, 2.24) is 14.9 Å². The summed E-state index contributed by atoms with van der Waals surface area (Å²) in [5.41, 5.74) is 7.91. The fourth-order valence-corrected chi connectivity index (χ4v) is 3.10. The van der Waals surface area contributed by atoms with Gasteiger partial charge in [-0.2, -0.15) is 0 Å². The van der Waals surface area contributed by atoms with Gasteiger partial charge in [0.1, 0.15) is 0 Å². The number of amides is 1. The average Bonchev–Trinajstić information content (AvgIpc) is 3.10. The number of nitrogen functional groups attached to an aromatic ring is 1. The van der Waals surface area contributed by atoms with Crippen LogP contribution in [-0.2, 0) is 0 Å². The molecule has 1 fully saturated rings. The molecule has 0 spiro atoms. The van der Waals surface area contributed by atoms with Crippen molar-refractivity contribution in [2.24, 2.45) is 0 Å². The smallest absolute Gasteiger partial charge is 0.253 e. The van der Waals surface area contributed by atoms with Crippen molar-refractivity contribution < 1.29 is 4.79 Å². The second-order valence-corrected chi connectivity index (χ2v) is 6.26. The van der Waals surface area contributed by atoms with Crippen LogP contribution in [0.2, 0.25) is 0 Å². The number of benzene rings is 2. The van der Waals surface area contributed by atoms with E-state index in [4.69, 9.17) is 5.73 Å². The standard InChI is InChI=1S/C19H19N5O.ClH/c20-15-7-5-13(6-8-15)18(25)24-10-9-16(12-24)22-19-21-11-14-3-1-2-4-17(14)23-19;/h1-8,11,16H,9-10,12,20H2,(H,21,22,23);1H/t16-;/m1./s1. The highest BCUT2D eigenvalue weighted by Crippen LogP contribution is 2.18. The van der Waals surface area contributed by atoms with E-state index in [-0.39, 0.29) is 24.4 Å². The molecule has 1 saturated heterocycles. The number of nitrogens with two attached hydrogens (primary N) is 1. The number of likely N-dealkylation sites (tertiary alicyclic amines) is 1. The van der Waals surface area contributed by atoms with E-state index in [0.717, 1.165) is 17.3 Å². The van der Waals surface area contributed by atoms with Gasteiger partial charge in [0.25, 0.3) is 5.91 Å². The number of rotatable bonds is 3. The van der Waals surface area contributed by atoms with E-state index in [1.807, 2.05) is 35.4 Å². The average molecular weight is 370 g/mol. The lowest BCUT2D eigenvalue weighted by Crippen LogP contribution is -2.31. The molecule has 1 aromatic heterocycles. The molecule has 134 valence electrons. The van der Waals surface area contributed by atoms with Crippen LogP contribution in [0, 0.1) is 0 Å². The van der Waals surface area contributed by atoms with Gasteiger partial charge in [-0.25, -0.2) is 9.97 Å². The summed E-state index contributed by atoms with van der Waals surface area (Å²) in [6, 6.07) is 15.1. The lowest BCUT2D eigenvalue weighted by molar-refractivity contribution is 0.0791. The number of fused-ring (bicyclic) bond motifs is 1. The minimum absolute atomic E-state index is 0. The van der Waals surface area contributed by atoms with Crippen molar-refractivity contribution in [2.75, 3.05) is 24.1 Å². The van der Waals surface area contributed by atoms with Crippen LogP contribution in [0.4, 0.5) is 11.6 Å². The Morgan fingerprint density at radius 1 is 1.15 bits per heavy atom. The third-order valence-corrected chi connectivity index (χ3v) is 4.46. The number of hydrogen-bond donors (Lipinski definition) is 2. The summed E-state index contributed by atoms with van der Waals surface area (Å²) in [7, 11) is 0. The Hall–Kier alpha value is -2.86. The van der Waals surface area contributed by atoms with Gasteiger partial charge in [-0.05, 0) is 36.8 Å². The van der Waals surface area contributed by atoms with Gasteiger partial charge in [0.2, 0.25) is 5.95 Å². The second kappa shape index (κ2) is 7.58. The largest absolute Gasteiger partial charge is 0.399 e. The van der Waals surface area contributed by atoms with E-state index >= 15 is 0 Å². The number of nitrogens with zero attached hydrogens (tertiary/aromatic N) is 3. The maximum Gasteiger partial charge on any atom is 0.253 e. The lowest BCUT2D eigenvalue weighted by Gasteiger charge is -2.17. The van der Waals surface area contributed by atoms with Gasteiger partial charge < -0.3 is 16.0 Å². The predicted molar refractivity (Wildman–Crippen MR) is 106 cm³/mol. The Morgan fingerprint density at radius 3 is 2.73 bits per heavy atom. The Kier molecular flexibility index (Phi) is 5.23. The van der Waals surface area contributed by atoms with Crippen molar-refractivity contribution >= 4 is 40.9 Å². The lowest BCUT2D eigenvalue weighted by atomic mass is 10.2. The molecule has 0 unspecified atom stereocenters. The molecule has 1 atom stereocenters. The minimum Gasteiger partial charge on any atom is -0.399 e. The second-order valence-electron chi connectivity index (χ2n) is 6.26. The SMILES string of the molecule is Cl.Nc1ccc(C(=O)N2CC[C@@H](Nc3ncc4ccccc4n3)C2)cc1. The summed E-state index contributed by atoms with van der Waals surface area (Å²) in [6.07, 6.45) is 2.69. The Labute approximate surface area is 157 Å². The maximum atomic E-state index is 12.6. The molecule has 0 aliphatic carbocycles. The van der Waals surface area contributed by atoms with Crippen LogP contribution in [0.25, 0.3) is 10.9 Å². The van der Waals surface area contributed by atoms with Gasteiger partial charge in [-0.15, -0.1) is 12.4 Å². The Bertz CT molecular complexity index is 915. The zero-order valence-electron chi connectivity index (χ0n) is 14.1. The van der Waals surface area contributed by atoms with Crippen molar-refractivity contribution in [3.8, 4) is 0 Å². The number of nitrogens with one attached hydrogen (secondary N) is 1. The molecule has 1 amide bonds. The number of carbonyl (C=O) groups is 1. The van der Waals surface area contributed by atoms with Gasteiger partial charge in [-0.3, -0.25) is 4.79 Å². The highest BCUT2D eigenvalue weighted by Gasteiger charge is 2.27. The molecule has 2 aromatic carbocycles. The molecular weight excluding hydrogens is 350 g/mol. The van der Waals surface area contributed by atoms with Crippen LogP contribution in [0.3, 0.4) is 0 Å². The number of aromatic nitrogens is 2. The first-order valence-corrected chi connectivity index (χ1v) is 8.32. The summed E-state index contributed by atoms with van der Waals surface area (Å²) < 4.78 is 0. The van der Waals surface area contributed by atoms with Gasteiger partial charge in [0.05, 0.1) is 5.52 Å². The molecule has 7 heteroatoms. The molecule has 6 nitrogen and oxygen atoms in total. The first-order valence-electron chi connectivity index (χ1n) is 8.32. The van der Waals surface area contributed by atoms with Crippen LogP contribution in [-0.4, -0.2) is 39.9 Å². The zero-order valence-corrected chi connectivity index (χ0v) is 14.9. The quantitative estimate of drug-likeness (QED) is 0.693. The summed E-state index contributed by atoms with van der Waals surface area (Å²) in [5.74, 6) is 0.634. The molecule has 1 aliphatic rings. The molecule has 26 heavy (non-hydrogen) atoms. The summed E-state index contributed by atoms with van der Waals surface area (Å²) in [6.45, 7) is 1.36. The number of para-hydroxylation sites is 1. The van der Waals surface area contributed by atoms with E-state index in [1.165, 1.54) is 0 Å². The molecule has 2 heterocycles. The monoisotopic (exact) mass is 369 g/mol. The third kappa shape index (κ3) is 3.70. The Morgan fingerprint density at radius 2 is 1.92 bits per heavy atom. The van der Waals surface area contributed by atoms with E-state index in [1.54, 1.807) is 24.3 Å². The summed E-state index contributed by atoms with van der Waals surface area (Å²) in [5, 5.41) is 4.36. The number of hydrogen-bond acceptors (Lipinski definition) is 5. The summed E-state index contributed by atoms with van der Waals surface area (Å²) >= 11 is 0. The van der Waals surface area contributed by atoms with Crippen molar-refractivity contribution in [3.63, 3.8) is 0 Å². The Balaban J connectivity index is 0.00000196. The summed E-state index contributed by atoms with van der Waals surface area (Å²) in [4.78, 5) is 23.3. The van der Waals surface area contributed by atoms with Gasteiger partial charge in [0, 0.05) is 42.0 Å². The van der Waals surface area contributed by atoms with Gasteiger partial charge >= 0.3 is 0 Å². The predicted octanol–water partition coefficient (Wildman–Crippen LogP) is 2.96. The zero-order chi connectivity index (χ0) is 17.2. The first-order chi connectivity index (χ1) is 12.2. The van der Waals surface area contributed by atoms with Crippen molar-refractivity contribution in [3.05, 3.63) is 60.3 Å². The molecule has 4 rings (SSSR count). The van der Waals surface area contributed by atoms with Gasteiger partial charge in [-0.1, -0.05) is 18.2 Å². The topological polar surface area (TPSA) is 84.1 Å². The van der Waals surface area contributed by atoms with E-state index in [0.29, 0.717) is 30.3 Å². The maximum absolute atomic E-state index is 12.6. The number of anilines is 2. The molecule has 0 radical (unpaired) electrons. The molecule has 3 aromatic rings. The molecule has 3 N–H and O–H groups in total. The first kappa shape index (κ1) is 17.9. The number of halogens is 1. The van der Waals surface area contributed by atoms with Crippen LogP contribution in [0.5, 0.6) is 0 Å². The molecule has 1 aliphatic heterocycles. The van der Waals surface area contributed by atoms with Crippen LogP contribution in [0.1, 0.15) is 16.8 Å². The molecule has 0 bridgehead atoms. The van der Waals surface area contributed by atoms with E-state index in [2.05, 4.69) is 15.3 Å². The normalized spacial score (nSPS) is 16.3. The van der Waals surface area contributed by atoms with Crippen LogP contribution >= 0.6 is 12.4 Å². The van der Waals surface area contributed by atoms with E-state index in [9.17, 15) is 4.79 Å². The fraction of sp³-hybridized carbons (Fsp3) is 0.211. The fourth-order valence-electron chi connectivity index (χ4n) is 3.10. The molecular formula is C19H20ClN5O. The highest BCUT2D eigenvalue weighted by molar-refractivity contribution is 5.94. The van der Waals surface area contributed by atoms with Gasteiger partial charge in [0.15, 0.2) is 0 Å². The van der Waals surface area contributed by atoms with Crippen LogP contribution in [0.15, 0.2) is 54.7 Å². The van der Waals surface area contributed by atoms with Crippen LogP contribution < -0.4 is 11.1 Å². The highest BCUT2D eigenvalue weighted by atomic mass is 35.5. The van der Waals surface area contributed by atoms with E-state index < -0.39 is 0 Å². The molecule has 0 saturated carbocycles. The van der Waals surface area contributed by atoms with Crippen molar-refractivity contribution in [1.29, 1.82) is 0 Å². The minimum atomic E-state index is 0. The number of carbonyl (C=O) groups excluding carboxylic acids is 1. The van der Waals surface area contributed by atoms with Crippen molar-refractivity contribution in [2.45, 2.75) is 12.5 Å². The third-order valence-electron chi connectivity index (χ3n) is 4.46.